The van der Waals surface area contributed by atoms with E-state index in [0.717, 1.165) is 23.7 Å². The number of anilines is 1. The van der Waals surface area contributed by atoms with Crippen molar-refractivity contribution in [3.8, 4) is 6.07 Å². The monoisotopic (exact) mass is 252 g/mol. The minimum Gasteiger partial charge on any atom is -0.383 e. The van der Waals surface area contributed by atoms with Crippen LogP contribution in [0, 0.1) is 11.3 Å². The van der Waals surface area contributed by atoms with E-state index in [-0.39, 0.29) is 0 Å². The lowest BCUT2D eigenvalue weighted by atomic mass is 10.2. The van der Waals surface area contributed by atoms with Gasteiger partial charge in [0.1, 0.15) is 6.07 Å². The van der Waals surface area contributed by atoms with E-state index in [4.69, 9.17) is 16.9 Å². The van der Waals surface area contributed by atoms with Crippen LogP contribution in [0.15, 0.2) is 30.9 Å². The van der Waals surface area contributed by atoms with Crippen LogP contribution >= 0.6 is 23.4 Å². The molecule has 0 aliphatic heterocycles. The molecule has 0 spiro atoms. The van der Waals surface area contributed by atoms with Crippen LogP contribution in [0.25, 0.3) is 0 Å². The second-order valence-corrected chi connectivity index (χ2v) is 4.62. The molecular formula is C12H13ClN2S. The molecule has 16 heavy (non-hydrogen) atoms. The van der Waals surface area contributed by atoms with Gasteiger partial charge in [-0.25, -0.2) is 0 Å². The number of hydrogen-bond donors (Lipinski definition) is 1. The van der Waals surface area contributed by atoms with Crippen molar-refractivity contribution in [1.82, 2.24) is 0 Å². The Labute approximate surface area is 105 Å². The first-order chi connectivity index (χ1) is 7.79. The number of nitriles is 1. The summed E-state index contributed by atoms with van der Waals surface area (Å²) in [6.45, 7) is 4.47. The standard InChI is InChI=1S/C12H13ClN2S/c1-2-7-16-8-6-15-12-5-3-4-11(13)10(12)9-14/h2-5,15H,1,6-8H2. The molecule has 0 unspecified atom stereocenters. The highest BCUT2D eigenvalue weighted by Gasteiger charge is 2.04. The van der Waals surface area contributed by atoms with Crippen LogP contribution in [0.3, 0.4) is 0 Å². The van der Waals surface area contributed by atoms with Crippen LogP contribution in [-0.4, -0.2) is 18.1 Å². The molecule has 4 heteroatoms. The maximum absolute atomic E-state index is 8.95. The summed E-state index contributed by atoms with van der Waals surface area (Å²) in [5.41, 5.74) is 1.31. The number of halogens is 1. The molecule has 1 aromatic rings. The van der Waals surface area contributed by atoms with E-state index in [0.29, 0.717) is 10.6 Å². The molecule has 84 valence electrons. The van der Waals surface area contributed by atoms with Crippen LogP contribution in [0.4, 0.5) is 5.69 Å². The summed E-state index contributed by atoms with van der Waals surface area (Å²) in [6.07, 6.45) is 1.88. The highest BCUT2D eigenvalue weighted by atomic mass is 35.5. The molecule has 0 saturated carbocycles. The molecule has 1 N–H and O–H groups in total. The quantitative estimate of drug-likeness (QED) is 0.621. The molecule has 0 radical (unpaired) electrons. The zero-order valence-corrected chi connectivity index (χ0v) is 10.4. The molecule has 0 bridgehead atoms. The lowest BCUT2D eigenvalue weighted by molar-refractivity contribution is 1.22. The van der Waals surface area contributed by atoms with Crippen LogP contribution in [-0.2, 0) is 0 Å². The van der Waals surface area contributed by atoms with Gasteiger partial charge in [0.2, 0.25) is 0 Å². The summed E-state index contributed by atoms with van der Waals surface area (Å²) in [7, 11) is 0. The Bertz CT molecular complexity index is 398. The van der Waals surface area contributed by atoms with E-state index in [1.807, 2.05) is 18.2 Å². The number of nitrogens with one attached hydrogen (secondary N) is 1. The van der Waals surface area contributed by atoms with Crippen molar-refractivity contribution in [2.75, 3.05) is 23.4 Å². The van der Waals surface area contributed by atoms with Gasteiger partial charge < -0.3 is 5.32 Å². The molecule has 0 aromatic heterocycles. The fourth-order valence-corrected chi connectivity index (χ4v) is 2.01. The molecule has 0 saturated heterocycles. The highest BCUT2D eigenvalue weighted by molar-refractivity contribution is 7.99. The van der Waals surface area contributed by atoms with Crippen LogP contribution in [0.5, 0.6) is 0 Å². The van der Waals surface area contributed by atoms with Crippen LogP contribution < -0.4 is 5.32 Å². The number of nitrogens with zero attached hydrogens (tertiary/aromatic N) is 1. The Morgan fingerprint density at radius 3 is 3.06 bits per heavy atom. The molecule has 1 rings (SSSR count). The van der Waals surface area contributed by atoms with Crippen molar-refractivity contribution in [3.63, 3.8) is 0 Å². The van der Waals surface area contributed by atoms with Gasteiger partial charge in [0.05, 0.1) is 16.3 Å². The van der Waals surface area contributed by atoms with Gasteiger partial charge in [0, 0.05) is 18.1 Å². The van der Waals surface area contributed by atoms with Crippen molar-refractivity contribution in [1.29, 1.82) is 5.26 Å². The topological polar surface area (TPSA) is 35.8 Å². The second kappa shape index (κ2) is 7.21. The van der Waals surface area contributed by atoms with Crippen molar-refractivity contribution in [2.24, 2.45) is 0 Å². The summed E-state index contributed by atoms with van der Waals surface area (Å²) in [4.78, 5) is 0. The summed E-state index contributed by atoms with van der Waals surface area (Å²) in [5, 5.41) is 12.6. The van der Waals surface area contributed by atoms with Gasteiger partial charge in [-0.15, -0.1) is 6.58 Å². The average Bonchev–Trinajstić information content (AvgIpc) is 2.29. The van der Waals surface area contributed by atoms with Crippen molar-refractivity contribution < 1.29 is 0 Å². The molecule has 0 aliphatic rings. The van der Waals surface area contributed by atoms with E-state index in [1.54, 1.807) is 17.8 Å². The Morgan fingerprint density at radius 2 is 2.38 bits per heavy atom. The second-order valence-electron chi connectivity index (χ2n) is 3.06. The average molecular weight is 253 g/mol. The van der Waals surface area contributed by atoms with E-state index < -0.39 is 0 Å². The summed E-state index contributed by atoms with van der Waals surface area (Å²) >= 11 is 7.70. The van der Waals surface area contributed by atoms with Crippen molar-refractivity contribution in [2.45, 2.75) is 0 Å². The number of benzene rings is 1. The third kappa shape index (κ3) is 3.80. The van der Waals surface area contributed by atoms with Gasteiger partial charge in [-0.3, -0.25) is 0 Å². The maximum Gasteiger partial charge on any atom is 0.103 e. The van der Waals surface area contributed by atoms with E-state index in [9.17, 15) is 0 Å². The Hall–Kier alpha value is -1.11. The minimum absolute atomic E-state index is 0.492. The Balaban J connectivity index is 2.51. The van der Waals surface area contributed by atoms with Gasteiger partial charge in [-0.05, 0) is 12.1 Å². The fraction of sp³-hybridized carbons (Fsp3) is 0.250. The van der Waals surface area contributed by atoms with Gasteiger partial charge in [0.25, 0.3) is 0 Å². The molecule has 0 amide bonds. The predicted molar refractivity (Wildman–Crippen MR) is 72.2 cm³/mol. The maximum atomic E-state index is 8.95. The number of rotatable bonds is 6. The minimum atomic E-state index is 0.492. The first-order valence-electron chi connectivity index (χ1n) is 4.90. The van der Waals surface area contributed by atoms with Crippen molar-refractivity contribution in [3.05, 3.63) is 41.4 Å². The van der Waals surface area contributed by atoms with E-state index in [1.165, 1.54) is 0 Å². The molecule has 0 heterocycles. The zero-order valence-electron chi connectivity index (χ0n) is 8.87. The molecular weight excluding hydrogens is 240 g/mol. The van der Waals surface area contributed by atoms with Gasteiger partial charge in [-0.1, -0.05) is 23.7 Å². The normalized spacial score (nSPS) is 9.50. The molecule has 0 fully saturated rings. The van der Waals surface area contributed by atoms with Gasteiger partial charge >= 0.3 is 0 Å². The highest BCUT2D eigenvalue weighted by Crippen LogP contribution is 2.23. The number of hydrogen-bond acceptors (Lipinski definition) is 3. The lowest BCUT2D eigenvalue weighted by Gasteiger charge is -2.08. The van der Waals surface area contributed by atoms with Crippen LogP contribution in [0.1, 0.15) is 5.56 Å². The Morgan fingerprint density at radius 1 is 1.56 bits per heavy atom. The van der Waals surface area contributed by atoms with E-state index >= 15 is 0 Å². The van der Waals surface area contributed by atoms with Crippen molar-refractivity contribution >= 4 is 29.1 Å². The van der Waals surface area contributed by atoms with Gasteiger partial charge in [0.15, 0.2) is 0 Å². The predicted octanol–water partition coefficient (Wildman–Crippen LogP) is 3.54. The molecule has 0 aliphatic carbocycles. The molecule has 1 aromatic carbocycles. The third-order valence-electron chi connectivity index (χ3n) is 1.92. The van der Waals surface area contributed by atoms with E-state index in [2.05, 4.69) is 18.0 Å². The summed E-state index contributed by atoms with van der Waals surface area (Å²) in [6, 6.07) is 7.52. The van der Waals surface area contributed by atoms with Gasteiger partial charge in [-0.2, -0.15) is 17.0 Å². The van der Waals surface area contributed by atoms with Crippen LogP contribution in [0.2, 0.25) is 5.02 Å². The largest absolute Gasteiger partial charge is 0.383 e. The first kappa shape index (κ1) is 13.0. The molecule has 2 nitrogen and oxygen atoms in total. The third-order valence-corrected chi connectivity index (χ3v) is 3.20. The first-order valence-corrected chi connectivity index (χ1v) is 6.44. The summed E-state index contributed by atoms with van der Waals surface area (Å²) < 4.78 is 0. The summed E-state index contributed by atoms with van der Waals surface area (Å²) in [5.74, 6) is 1.92. The lowest BCUT2D eigenvalue weighted by Crippen LogP contribution is -2.05. The zero-order chi connectivity index (χ0) is 11.8. The fourth-order valence-electron chi connectivity index (χ4n) is 1.21. The Kier molecular flexibility index (Phi) is 5.84. The molecule has 0 atom stereocenters. The smallest absolute Gasteiger partial charge is 0.103 e. The number of thioether (sulfide) groups is 1. The SMILES string of the molecule is C=CCSCCNc1cccc(Cl)c1C#N.